The molecule has 6 heteroatoms. The van der Waals surface area contributed by atoms with E-state index in [1.54, 1.807) is 10.4 Å². The number of hydrogen-bond acceptors (Lipinski definition) is 3. The van der Waals surface area contributed by atoms with E-state index in [-0.39, 0.29) is 17.9 Å². The summed E-state index contributed by atoms with van der Waals surface area (Å²) < 4.78 is 27.8. The number of carbonyl (C=O) groups is 1. The Hall–Kier alpha value is -1.40. The Morgan fingerprint density at radius 3 is 2.52 bits per heavy atom. The maximum absolute atomic E-state index is 13.1. The molecule has 1 aliphatic heterocycles. The van der Waals surface area contributed by atoms with Gasteiger partial charge in [-0.25, -0.2) is 8.42 Å². The summed E-state index contributed by atoms with van der Waals surface area (Å²) in [6.45, 7) is 5.07. The third kappa shape index (κ3) is 5.60. The van der Waals surface area contributed by atoms with Crippen LogP contribution in [0.4, 0.5) is 0 Å². The molecule has 0 aromatic heterocycles. The molecular weight excluding hydrogens is 384 g/mol. The fraction of sp³-hybridized carbons (Fsp3) is 0.696. The van der Waals surface area contributed by atoms with Crippen LogP contribution in [0.15, 0.2) is 23.1 Å². The van der Waals surface area contributed by atoms with Gasteiger partial charge in [-0.05, 0) is 75.1 Å². The molecule has 0 bridgehead atoms. The molecule has 1 atom stereocenters. The fourth-order valence-electron chi connectivity index (χ4n) is 4.51. The molecule has 0 spiro atoms. The van der Waals surface area contributed by atoms with Crippen LogP contribution in [0.2, 0.25) is 0 Å². The molecule has 1 amide bonds. The molecular formula is C23H36N2O3S. The zero-order valence-corrected chi connectivity index (χ0v) is 18.8. The van der Waals surface area contributed by atoms with Crippen molar-refractivity contribution in [1.82, 2.24) is 9.62 Å². The first kappa shape index (κ1) is 22.3. The molecule has 1 fully saturated rings. The largest absolute Gasteiger partial charge is 0.353 e. The van der Waals surface area contributed by atoms with E-state index in [9.17, 15) is 13.2 Å². The number of unbranched alkanes of at least 4 members (excludes halogenated alkanes) is 2. The number of fused-ring (bicyclic) bond motifs is 1. The lowest BCUT2D eigenvalue weighted by molar-refractivity contribution is -0.126. The Morgan fingerprint density at radius 1 is 1.14 bits per heavy atom. The van der Waals surface area contributed by atoms with E-state index in [4.69, 9.17) is 0 Å². The fourth-order valence-corrected chi connectivity index (χ4v) is 6.03. The Labute approximate surface area is 176 Å². The minimum Gasteiger partial charge on any atom is -0.353 e. The third-order valence-corrected chi connectivity index (χ3v) is 8.31. The molecule has 1 N–H and O–H groups in total. The van der Waals surface area contributed by atoms with Crippen LogP contribution >= 0.6 is 0 Å². The Kier molecular flexibility index (Phi) is 7.74. The zero-order valence-electron chi connectivity index (χ0n) is 18.0. The van der Waals surface area contributed by atoms with Crippen LogP contribution in [-0.2, 0) is 27.7 Å². The number of hydrogen-bond donors (Lipinski definition) is 1. The maximum Gasteiger partial charge on any atom is 0.243 e. The van der Waals surface area contributed by atoms with Gasteiger partial charge in [-0.1, -0.05) is 32.3 Å². The van der Waals surface area contributed by atoms with Crippen molar-refractivity contribution >= 4 is 15.9 Å². The summed E-state index contributed by atoms with van der Waals surface area (Å²) >= 11 is 0. The monoisotopic (exact) mass is 420 g/mol. The van der Waals surface area contributed by atoms with Gasteiger partial charge >= 0.3 is 0 Å². The normalized spacial score (nSPS) is 19.5. The van der Waals surface area contributed by atoms with Crippen molar-refractivity contribution in [3.8, 4) is 0 Å². The van der Waals surface area contributed by atoms with Crippen molar-refractivity contribution in [3.63, 3.8) is 0 Å². The van der Waals surface area contributed by atoms with Gasteiger partial charge < -0.3 is 5.32 Å². The number of piperidine rings is 1. The van der Waals surface area contributed by atoms with Gasteiger partial charge in [-0.3, -0.25) is 4.79 Å². The second-order valence-electron chi connectivity index (χ2n) is 8.72. The number of benzene rings is 1. The van der Waals surface area contributed by atoms with Gasteiger partial charge in [0.15, 0.2) is 0 Å². The molecule has 1 saturated heterocycles. The average Bonchev–Trinajstić information content (AvgIpc) is 2.73. The lowest BCUT2D eigenvalue weighted by Gasteiger charge is -2.31. The van der Waals surface area contributed by atoms with Gasteiger partial charge in [0.2, 0.25) is 15.9 Å². The van der Waals surface area contributed by atoms with E-state index in [2.05, 4.69) is 19.2 Å². The molecule has 0 radical (unpaired) electrons. The highest BCUT2D eigenvalue weighted by Crippen LogP contribution is 2.28. The van der Waals surface area contributed by atoms with Crippen LogP contribution < -0.4 is 5.32 Å². The number of sulfonamides is 1. The number of rotatable bonds is 8. The van der Waals surface area contributed by atoms with Crippen LogP contribution in [0.5, 0.6) is 0 Å². The minimum atomic E-state index is -3.48. The second-order valence-corrected chi connectivity index (χ2v) is 10.7. The van der Waals surface area contributed by atoms with E-state index < -0.39 is 10.0 Å². The molecule has 2 aliphatic rings. The Morgan fingerprint density at radius 2 is 1.83 bits per heavy atom. The minimum absolute atomic E-state index is 0.0832. The molecule has 1 unspecified atom stereocenters. The number of carbonyl (C=O) groups excluding carboxylic acids is 1. The van der Waals surface area contributed by atoms with Crippen molar-refractivity contribution in [2.45, 2.75) is 89.0 Å². The van der Waals surface area contributed by atoms with Crippen molar-refractivity contribution < 1.29 is 13.2 Å². The first-order valence-corrected chi connectivity index (χ1v) is 12.8. The van der Waals surface area contributed by atoms with Gasteiger partial charge in [-0.15, -0.1) is 0 Å². The lowest BCUT2D eigenvalue weighted by atomic mass is 9.92. The van der Waals surface area contributed by atoms with Crippen LogP contribution in [0, 0.1) is 5.92 Å². The molecule has 1 heterocycles. The van der Waals surface area contributed by atoms with E-state index in [1.807, 2.05) is 12.1 Å². The molecule has 1 aromatic rings. The van der Waals surface area contributed by atoms with Crippen LogP contribution in [0.25, 0.3) is 0 Å². The van der Waals surface area contributed by atoms with Crippen molar-refractivity contribution in [3.05, 3.63) is 29.3 Å². The van der Waals surface area contributed by atoms with Gasteiger partial charge in [-0.2, -0.15) is 4.31 Å². The Balaban J connectivity index is 1.55. The lowest BCUT2D eigenvalue weighted by Crippen LogP contribution is -2.44. The van der Waals surface area contributed by atoms with E-state index in [0.717, 1.165) is 32.1 Å². The standard InChI is InChI=1S/C23H36N2O3S/c1-3-4-5-8-18(2)24-23(26)20-13-15-25(16-14-20)29(27,28)22-12-11-19-9-6-7-10-21(19)17-22/h11-12,17-18,20H,3-10,13-16H2,1-2H3,(H,24,26). The summed E-state index contributed by atoms with van der Waals surface area (Å²) in [6.07, 6.45) is 10.0. The first-order chi connectivity index (χ1) is 13.9. The summed E-state index contributed by atoms with van der Waals surface area (Å²) in [5.41, 5.74) is 2.47. The maximum atomic E-state index is 13.1. The van der Waals surface area contributed by atoms with Gasteiger partial charge in [0.1, 0.15) is 0 Å². The first-order valence-electron chi connectivity index (χ1n) is 11.3. The molecule has 5 nitrogen and oxygen atoms in total. The van der Waals surface area contributed by atoms with Crippen molar-refractivity contribution in [2.24, 2.45) is 5.92 Å². The summed E-state index contributed by atoms with van der Waals surface area (Å²) in [7, 11) is -3.48. The van der Waals surface area contributed by atoms with Gasteiger partial charge in [0.05, 0.1) is 4.90 Å². The van der Waals surface area contributed by atoms with Crippen LogP contribution in [-0.4, -0.2) is 37.8 Å². The Bertz CT molecular complexity index is 798. The highest BCUT2D eigenvalue weighted by Gasteiger charge is 2.32. The predicted octanol–water partition coefficient (Wildman–Crippen LogP) is 4.05. The summed E-state index contributed by atoms with van der Waals surface area (Å²) in [5.74, 6) is -0.00145. The van der Waals surface area contributed by atoms with Crippen LogP contribution in [0.1, 0.15) is 76.3 Å². The second kappa shape index (κ2) is 10.1. The topological polar surface area (TPSA) is 66.5 Å². The summed E-state index contributed by atoms with van der Waals surface area (Å²) in [5, 5.41) is 3.12. The molecule has 3 rings (SSSR count). The van der Waals surface area contributed by atoms with Crippen LogP contribution in [0.3, 0.4) is 0 Å². The average molecular weight is 421 g/mol. The van der Waals surface area contributed by atoms with Gasteiger partial charge in [0, 0.05) is 25.0 Å². The third-order valence-electron chi connectivity index (χ3n) is 6.41. The highest BCUT2D eigenvalue weighted by atomic mass is 32.2. The molecule has 1 aliphatic carbocycles. The van der Waals surface area contributed by atoms with Crippen molar-refractivity contribution in [1.29, 1.82) is 0 Å². The quantitative estimate of drug-likeness (QED) is 0.645. The number of aryl methyl sites for hydroxylation is 2. The SMILES string of the molecule is CCCCCC(C)NC(=O)C1CCN(S(=O)(=O)c2ccc3c(c2)CCCC3)CC1. The molecule has 162 valence electrons. The number of amides is 1. The van der Waals surface area contributed by atoms with E-state index >= 15 is 0 Å². The molecule has 0 saturated carbocycles. The zero-order chi connectivity index (χ0) is 20.9. The number of nitrogens with one attached hydrogen (secondary N) is 1. The highest BCUT2D eigenvalue weighted by molar-refractivity contribution is 7.89. The predicted molar refractivity (Wildman–Crippen MR) is 116 cm³/mol. The smallest absolute Gasteiger partial charge is 0.243 e. The van der Waals surface area contributed by atoms with E-state index in [1.165, 1.54) is 30.4 Å². The van der Waals surface area contributed by atoms with Gasteiger partial charge in [0.25, 0.3) is 0 Å². The molecule has 1 aromatic carbocycles. The molecule has 29 heavy (non-hydrogen) atoms. The summed E-state index contributed by atoms with van der Waals surface area (Å²) in [4.78, 5) is 13.0. The summed E-state index contributed by atoms with van der Waals surface area (Å²) in [6, 6.07) is 5.81. The number of nitrogens with zero attached hydrogens (tertiary/aromatic N) is 1. The van der Waals surface area contributed by atoms with Crippen molar-refractivity contribution in [2.75, 3.05) is 13.1 Å². The van der Waals surface area contributed by atoms with E-state index in [0.29, 0.717) is 30.8 Å².